The molecule has 0 radical (unpaired) electrons. The molecule has 0 aromatic heterocycles. The zero-order valence-corrected chi connectivity index (χ0v) is 60.9. The first-order chi connectivity index (χ1) is 43.9. The molecule has 0 aliphatic rings. The lowest BCUT2D eigenvalue weighted by molar-refractivity contribution is -0.161. The van der Waals surface area contributed by atoms with Crippen molar-refractivity contribution >= 4 is 39.5 Å². The predicted molar refractivity (Wildman–Crippen MR) is 368 cm³/mol. The molecule has 0 aromatic rings. The minimum atomic E-state index is -4.95. The van der Waals surface area contributed by atoms with E-state index in [9.17, 15) is 43.2 Å². The van der Waals surface area contributed by atoms with Crippen molar-refractivity contribution in [1.29, 1.82) is 0 Å². The highest BCUT2D eigenvalue weighted by Crippen LogP contribution is 2.45. The van der Waals surface area contributed by atoms with Crippen LogP contribution in [0, 0.1) is 11.8 Å². The number of carbonyl (C=O) groups excluding carboxylic acids is 4. The lowest BCUT2D eigenvalue weighted by Gasteiger charge is -2.21. The minimum absolute atomic E-state index is 0.104. The van der Waals surface area contributed by atoms with E-state index in [-0.39, 0.29) is 25.7 Å². The summed E-state index contributed by atoms with van der Waals surface area (Å²) in [6.45, 7) is 9.48. The van der Waals surface area contributed by atoms with Crippen LogP contribution in [0.4, 0.5) is 0 Å². The van der Waals surface area contributed by atoms with Crippen LogP contribution in [0.25, 0.3) is 0 Å². The van der Waals surface area contributed by atoms with Crippen LogP contribution < -0.4 is 0 Å². The lowest BCUT2D eigenvalue weighted by atomic mass is 10.0. The molecule has 2 unspecified atom stereocenters. The normalized spacial score (nSPS) is 14.1. The van der Waals surface area contributed by atoms with Gasteiger partial charge in [-0.25, -0.2) is 9.13 Å². The number of carbonyl (C=O) groups is 4. The largest absolute Gasteiger partial charge is 0.472 e. The molecule has 0 amide bonds. The summed E-state index contributed by atoms with van der Waals surface area (Å²) in [6, 6.07) is 0. The topological polar surface area (TPSA) is 237 Å². The Morgan fingerprint density at radius 1 is 0.297 bits per heavy atom. The first-order valence-electron chi connectivity index (χ1n) is 37.5. The van der Waals surface area contributed by atoms with Crippen LogP contribution in [-0.4, -0.2) is 96.7 Å². The molecule has 540 valence electrons. The number of aliphatic hydroxyl groups is 1. The van der Waals surface area contributed by atoms with Crippen molar-refractivity contribution in [2.45, 2.75) is 387 Å². The SMILES string of the molecule is CCCCCCCCCCCCCCCCCC(=O)OC[C@H](COP(=O)(O)OC[C@@H](O)COP(=O)(O)OC[C@@H](COC(=O)CCCCCCC)OC(=O)CCCCCCCCCCCC(C)C)OC(=O)CCCCCCCCCCCCCCCCCCC(C)C. The lowest BCUT2D eigenvalue weighted by Crippen LogP contribution is -2.30. The van der Waals surface area contributed by atoms with E-state index in [0.717, 1.165) is 108 Å². The Kier molecular flexibility index (Phi) is 62.7. The summed E-state index contributed by atoms with van der Waals surface area (Å²) in [7, 11) is -9.89. The van der Waals surface area contributed by atoms with Gasteiger partial charge in [-0.3, -0.25) is 37.3 Å². The van der Waals surface area contributed by atoms with Crippen molar-refractivity contribution in [3.8, 4) is 0 Å². The van der Waals surface area contributed by atoms with Gasteiger partial charge in [-0.1, -0.05) is 318 Å². The molecule has 0 aliphatic heterocycles. The van der Waals surface area contributed by atoms with E-state index in [0.29, 0.717) is 25.7 Å². The van der Waals surface area contributed by atoms with Crippen molar-refractivity contribution < 1.29 is 80.2 Å². The van der Waals surface area contributed by atoms with Crippen molar-refractivity contribution in [2.75, 3.05) is 39.6 Å². The van der Waals surface area contributed by atoms with Crippen LogP contribution in [0.1, 0.15) is 369 Å². The van der Waals surface area contributed by atoms with Crippen LogP contribution in [0.3, 0.4) is 0 Å². The van der Waals surface area contributed by atoms with E-state index in [1.54, 1.807) is 0 Å². The van der Waals surface area contributed by atoms with E-state index in [1.165, 1.54) is 180 Å². The molecule has 17 nitrogen and oxygen atoms in total. The summed E-state index contributed by atoms with van der Waals surface area (Å²) in [5, 5.41) is 10.6. The van der Waals surface area contributed by atoms with E-state index >= 15 is 0 Å². The minimum Gasteiger partial charge on any atom is -0.462 e. The maximum absolute atomic E-state index is 13.0. The van der Waals surface area contributed by atoms with E-state index < -0.39 is 97.5 Å². The van der Waals surface area contributed by atoms with Crippen LogP contribution >= 0.6 is 15.6 Å². The summed E-state index contributed by atoms with van der Waals surface area (Å²) >= 11 is 0. The average molecular weight is 1340 g/mol. The van der Waals surface area contributed by atoms with Gasteiger partial charge in [0.1, 0.15) is 19.3 Å². The quantitative estimate of drug-likeness (QED) is 0.0222. The number of phosphoric ester groups is 2. The molecule has 0 spiro atoms. The maximum Gasteiger partial charge on any atom is 0.472 e. The molecule has 19 heteroatoms. The number of ether oxygens (including phenoxy) is 4. The number of rotatable bonds is 71. The molecule has 0 heterocycles. The summed E-state index contributed by atoms with van der Waals surface area (Å²) in [5.74, 6) is -0.586. The zero-order valence-electron chi connectivity index (χ0n) is 59.1. The third kappa shape index (κ3) is 66.5. The second kappa shape index (κ2) is 64.1. The van der Waals surface area contributed by atoms with Crippen molar-refractivity contribution in [3.63, 3.8) is 0 Å². The Balaban J connectivity index is 5.15. The van der Waals surface area contributed by atoms with Gasteiger partial charge in [-0.05, 0) is 37.5 Å². The van der Waals surface area contributed by atoms with Crippen molar-refractivity contribution in [2.24, 2.45) is 11.8 Å². The van der Waals surface area contributed by atoms with Gasteiger partial charge in [0.15, 0.2) is 12.2 Å². The second-order valence-electron chi connectivity index (χ2n) is 26.9. The Bertz CT molecular complexity index is 1770. The first kappa shape index (κ1) is 89.1. The molecule has 0 bridgehead atoms. The van der Waals surface area contributed by atoms with Gasteiger partial charge in [0, 0.05) is 25.7 Å². The summed E-state index contributed by atoms with van der Waals surface area (Å²) in [6.07, 6.45) is 50.4. The summed E-state index contributed by atoms with van der Waals surface area (Å²) < 4.78 is 68.1. The Hall–Kier alpha value is -1.94. The zero-order chi connectivity index (χ0) is 67.2. The highest BCUT2D eigenvalue weighted by Gasteiger charge is 2.30. The van der Waals surface area contributed by atoms with Crippen molar-refractivity contribution in [3.05, 3.63) is 0 Å². The van der Waals surface area contributed by atoms with Gasteiger partial charge in [0.25, 0.3) is 0 Å². The van der Waals surface area contributed by atoms with Gasteiger partial charge in [-0.15, -0.1) is 0 Å². The fourth-order valence-electron chi connectivity index (χ4n) is 10.9. The van der Waals surface area contributed by atoms with Crippen LogP contribution in [0.2, 0.25) is 0 Å². The third-order valence-corrected chi connectivity index (χ3v) is 18.6. The average Bonchev–Trinajstić information content (AvgIpc) is 3.29. The number of phosphoric acid groups is 2. The van der Waals surface area contributed by atoms with Gasteiger partial charge in [-0.2, -0.15) is 0 Å². The van der Waals surface area contributed by atoms with Crippen LogP contribution in [-0.2, 0) is 65.4 Å². The molecule has 5 atom stereocenters. The second-order valence-corrected chi connectivity index (χ2v) is 29.8. The van der Waals surface area contributed by atoms with Gasteiger partial charge in [0.2, 0.25) is 0 Å². The van der Waals surface area contributed by atoms with E-state index in [4.69, 9.17) is 37.0 Å². The van der Waals surface area contributed by atoms with Gasteiger partial charge < -0.3 is 33.8 Å². The Labute approximate surface area is 556 Å². The number of aliphatic hydroxyl groups excluding tert-OH is 1. The first-order valence-corrected chi connectivity index (χ1v) is 40.5. The number of hydrogen-bond donors (Lipinski definition) is 3. The number of esters is 4. The number of hydrogen-bond acceptors (Lipinski definition) is 15. The highest BCUT2D eigenvalue weighted by atomic mass is 31.2. The molecule has 0 saturated carbocycles. The molecule has 0 rings (SSSR count). The molecule has 3 N–H and O–H groups in total. The molecule has 0 aliphatic carbocycles. The molecule has 91 heavy (non-hydrogen) atoms. The number of unbranched alkanes of at least 4 members (excludes halogenated alkanes) is 41. The predicted octanol–water partition coefficient (Wildman–Crippen LogP) is 20.8. The van der Waals surface area contributed by atoms with Crippen molar-refractivity contribution in [1.82, 2.24) is 0 Å². The fourth-order valence-corrected chi connectivity index (χ4v) is 12.5. The Morgan fingerprint density at radius 3 is 0.747 bits per heavy atom. The fraction of sp³-hybridized carbons (Fsp3) is 0.944. The van der Waals surface area contributed by atoms with Crippen LogP contribution in [0.15, 0.2) is 0 Å². The third-order valence-electron chi connectivity index (χ3n) is 16.7. The van der Waals surface area contributed by atoms with E-state index in [1.807, 2.05) is 0 Å². The molecule has 0 saturated heterocycles. The smallest absolute Gasteiger partial charge is 0.462 e. The molecule has 0 aromatic carbocycles. The summed E-state index contributed by atoms with van der Waals surface area (Å²) in [5.41, 5.74) is 0. The monoisotopic (exact) mass is 1340 g/mol. The van der Waals surface area contributed by atoms with Gasteiger partial charge >= 0.3 is 39.5 Å². The van der Waals surface area contributed by atoms with Gasteiger partial charge in [0.05, 0.1) is 26.4 Å². The Morgan fingerprint density at radius 2 is 0.505 bits per heavy atom. The van der Waals surface area contributed by atoms with Crippen LogP contribution in [0.5, 0.6) is 0 Å². The standard InChI is InChI=1S/C72H140O17P2/c1-7-9-11-13-14-15-16-17-20-24-27-32-37-43-49-55-70(75)83-61-68(89-71(76)56-50-44-38-33-28-25-22-19-18-21-23-26-30-35-41-46-52-64(3)4)63-87-91(80,81)85-59-66(73)58-84-90(78,79)86-62-67(60-82-69(74)54-48-40-12-10-8-2)88-72(77)57-51-45-39-34-29-31-36-42-47-53-65(5)6/h64-68,73H,7-63H2,1-6H3,(H,78,79)(H,80,81)/t66-,67+,68+/m0/s1. The molecule has 0 fully saturated rings. The maximum atomic E-state index is 13.0. The summed E-state index contributed by atoms with van der Waals surface area (Å²) in [4.78, 5) is 72.3. The molecular weight excluding hydrogens is 1200 g/mol. The molecular formula is C72H140O17P2. The highest BCUT2D eigenvalue weighted by molar-refractivity contribution is 7.47. The van der Waals surface area contributed by atoms with E-state index in [2.05, 4.69) is 41.5 Å².